The van der Waals surface area contributed by atoms with Crippen LogP contribution in [0.1, 0.15) is 63.7 Å². The van der Waals surface area contributed by atoms with E-state index in [-0.39, 0.29) is 23.8 Å². The van der Waals surface area contributed by atoms with E-state index in [0.717, 1.165) is 30.7 Å². The second kappa shape index (κ2) is 7.07. The summed E-state index contributed by atoms with van der Waals surface area (Å²) in [5.41, 5.74) is 0.474. The van der Waals surface area contributed by atoms with E-state index in [4.69, 9.17) is 0 Å². The van der Waals surface area contributed by atoms with Gasteiger partial charge in [0.25, 0.3) is 5.91 Å². The number of ketones is 1. The van der Waals surface area contributed by atoms with Gasteiger partial charge in [-0.2, -0.15) is 18.3 Å². The van der Waals surface area contributed by atoms with Gasteiger partial charge < -0.3 is 4.90 Å². The zero-order valence-electron chi connectivity index (χ0n) is 15.1. The van der Waals surface area contributed by atoms with E-state index in [2.05, 4.69) is 10.2 Å². The number of piperidine rings is 1. The lowest BCUT2D eigenvalue weighted by Crippen LogP contribution is -2.42. The van der Waals surface area contributed by atoms with E-state index in [1.807, 2.05) is 0 Å². The van der Waals surface area contributed by atoms with Crippen molar-refractivity contribution in [1.29, 1.82) is 0 Å². The Kier molecular flexibility index (Phi) is 4.72. The van der Waals surface area contributed by atoms with Crippen molar-refractivity contribution in [3.63, 3.8) is 0 Å². The number of carbonyl (C=O) groups is 2. The van der Waals surface area contributed by atoms with Gasteiger partial charge in [0, 0.05) is 36.2 Å². The maximum absolute atomic E-state index is 12.9. The molecule has 1 aliphatic heterocycles. The Hall–Kier alpha value is -2.64. The lowest BCUT2D eigenvalue weighted by atomic mass is 9.89. The van der Waals surface area contributed by atoms with Crippen molar-refractivity contribution < 1.29 is 22.8 Å². The minimum Gasteiger partial charge on any atom is -0.337 e. The monoisotopic (exact) mass is 391 g/mol. The number of amides is 1. The number of alkyl halides is 3. The van der Waals surface area contributed by atoms with Crippen LogP contribution < -0.4 is 0 Å². The van der Waals surface area contributed by atoms with Crippen molar-refractivity contribution in [2.45, 2.75) is 37.8 Å². The van der Waals surface area contributed by atoms with Crippen LogP contribution in [-0.2, 0) is 6.18 Å². The molecule has 1 aliphatic carbocycles. The third-order valence-corrected chi connectivity index (χ3v) is 5.39. The van der Waals surface area contributed by atoms with Crippen molar-refractivity contribution in [3.05, 3.63) is 52.8 Å². The summed E-state index contributed by atoms with van der Waals surface area (Å²) in [6.45, 7) is 0.705. The molecule has 1 aromatic carbocycles. The van der Waals surface area contributed by atoms with E-state index >= 15 is 0 Å². The number of H-pyrrole nitrogens is 1. The number of likely N-dealkylation sites (tertiary alicyclic amines) is 1. The number of benzene rings is 1. The molecule has 2 fully saturated rings. The first-order valence-electron chi connectivity index (χ1n) is 9.39. The summed E-state index contributed by atoms with van der Waals surface area (Å²) >= 11 is 0. The molecular weight excluding hydrogens is 371 g/mol. The molecule has 148 valence electrons. The third kappa shape index (κ3) is 3.81. The molecule has 0 spiro atoms. The summed E-state index contributed by atoms with van der Waals surface area (Å²) < 4.78 is 38.8. The molecule has 0 radical (unpaired) electrons. The highest BCUT2D eigenvalue weighted by atomic mass is 19.4. The Morgan fingerprint density at radius 1 is 1.14 bits per heavy atom. The quantitative estimate of drug-likeness (QED) is 0.800. The molecule has 28 heavy (non-hydrogen) atoms. The minimum absolute atomic E-state index is 0.0323. The number of hydrogen-bond donors (Lipinski definition) is 1. The van der Waals surface area contributed by atoms with Crippen LogP contribution in [0.25, 0.3) is 0 Å². The van der Waals surface area contributed by atoms with Gasteiger partial charge in [-0.1, -0.05) is 12.1 Å². The van der Waals surface area contributed by atoms with E-state index in [1.54, 1.807) is 11.0 Å². The van der Waals surface area contributed by atoms with Crippen LogP contribution in [0.3, 0.4) is 0 Å². The molecule has 1 N–H and O–H groups in total. The van der Waals surface area contributed by atoms with Gasteiger partial charge in [0.2, 0.25) is 0 Å². The van der Waals surface area contributed by atoms with Crippen LogP contribution in [0.15, 0.2) is 30.3 Å². The number of halogens is 3. The molecule has 1 saturated heterocycles. The highest BCUT2D eigenvalue weighted by Gasteiger charge is 2.34. The molecule has 1 saturated carbocycles. The van der Waals surface area contributed by atoms with E-state index in [9.17, 15) is 22.8 Å². The van der Waals surface area contributed by atoms with Crippen molar-refractivity contribution in [3.8, 4) is 0 Å². The lowest BCUT2D eigenvalue weighted by molar-refractivity contribution is -0.137. The first kappa shape index (κ1) is 18.7. The van der Waals surface area contributed by atoms with Gasteiger partial charge >= 0.3 is 6.18 Å². The maximum Gasteiger partial charge on any atom is 0.416 e. The first-order chi connectivity index (χ1) is 13.3. The number of aromatic amines is 1. The van der Waals surface area contributed by atoms with Crippen molar-refractivity contribution in [2.24, 2.45) is 5.92 Å². The zero-order chi connectivity index (χ0) is 19.9. The average Bonchev–Trinajstić information content (AvgIpc) is 3.43. The molecule has 1 amide bonds. The number of carbonyl (C=O) groups excluding carboxylic acids is 2. The minimum atomic E-state index is -4.50. The largest absolute Gasteiger partial charge is 0.416 e. The molecule has 0 bridgehead atoms. The predicted octanol–water partition coefficient (Wildman–Crippen LogP) is 4.04. The van der Waals surface area contributed by atoms with Gasteiger partial charge in [-0.05, 0) is 43.9 Å². The van der Waals surface area contributed by atoms with Gasteiger partial charge in [0.05, 0.1) is 5.56 Å². The molecule has 1 aromatic heterocycles. The highest BCUT2D eigenvalue weighted by molar-refractivity contribution is 5.99. The average molecular weight is 391 g/mol. The topological polar surface area (TPSA) is 66.1 Å². The summed E-state index contributed by atoms with van der Waals surface area (Å²) in [5, 5.41) is 6.99. The highest BCUT2D eigenvalue weighted by Crippen LogP contribution is 2.39. The molecule has 2 heterocycles. The molecule has 2 aliphatic rings. The Labute approximate surface area is 159 Å². The van der Waals surface area contributed by atoms with Gasteiger partial charge in [-0.25, -0.2) is 0 Å². The maximum atomic E-state index is 12.9. The summed E-state index contributed by atoms with van der Waals surface area (Å²) in [7, 11) is 0. The number of Topliss-reactive ketones (excluding diaryl/α,β-unsaturated/α-hetero) is 1. The lowest BCUT2D eigenvalue weighted by Gasteiger charge is -2.31. The van der Waals surface area contributed by atoms with E-state index in [1.165, 1.54) is 12.1 Å². The van der Waals surface area contributed by atoms with Gasteiger partial charge in [-0.15, -0.1) is 0 Å². The van der Waals surface area contributed by atoms with Gasteiger partial charge in [0.15, 0.2) is 5.78 Å². The molecule has 2 aromatic rings. The smallest absolute Gasteiger partial charge is 0.337 e. The molecule has 0 unspecified atom stereocenters. The fraction of sp³-hybridized carbons (Fsp3) is 0.450. The molecule has 8 heteroatoms. The third-order valence-electron chi connectivity index (χ3n) is 5.39. The molecule has 4 rings (SSSR count). The van der Waals surface area contributed by atoms with Crippen LogP contribution in [0.2, 0.25) is 0 Å². The molecular formula is C20H20F3N3O2. The zero-order valence-corrected chi connectivity index (χ0v) is 15.1. The number of rotatable bonds is 4. The van der Waals surface area contributed by atoms with Gasteiger partial charge in [0.1, 0.15) is 5.69 Å². The fourth-order valence-electron chi connectivity index (χ4n) is 3.67. The van der Waals surface area contributed by atoms with Gasteiger partial charge in [-0.3, -0.25) is 14.7 Å². The number of aromatic nitrogens is 2. The van der Waals surface area contributed by atoms with Crippen LogP contribution in [0, 0.1) is 5.92 Å². The normalized spacial score (nSPS) is 20.2. The SMILES string of the molecule is O=C(c1cccc(C(F)(F)F)c1)[C@@H]1CCCN(C(=O)c2cc(C3CC3)[nH]n2)C1. The molecule has 1 atom stereocenters. The fourth-order valence-corrected chi connectivity index (χ4v) is 3.67. The second-order valence-corrected chi connectivity index (χ2v) is 7.52. The Balaban J connectivity index is 1.47. The first-order valence-corrected chi connectivity index (χ1v) is 9.39. The molecule has 5 nitrogen and oxygen atoms in total. The van der Waals surface area contributed by atoms with E-state index in [0.29, 0.717) is 31.0 Å². The van der Waals surface area contributed by atoms with Crippen molar-refractivity contribution >= 4 is 11.7 Å². The number of nitrogens with zero attached hydrogens (tertiary/aromatic N) is 2. The van der Waals surface area contributed by atoms with Crippen molar-refractivity contribution in [2.75, 3.05) is 13.1 Å². The Bertz CT molecular complexity index is 902. The standard InChI is InChI=1S/C20H20F3N3O2/c21-20(22,23)15-5-1-3-13(9-15)18(27)14-4-2-8-26(11-14)19(28)17-10-16(24-25-17)12-6-7-12/h1,3,5,9-10,12,14H,2,4,6-8,11H2,(H,24,25)/t14-/m1/s1. The second-order valence-electron chi connectivity index (χ2n) is 7.52. The Morgan fingerprint density at radius 3 is 2.64 bits per heavy atom. The summed E-state index contributed by atoms with van der Waals surface area (Å²) in [6.07, 6.45) is -1.14. The summed E-state index contributed by atoms with van der Waals surface area (Å²) in [4.78, 5) is 27.1. The van der Waals surface area contributed by atoms with E-state index < -0.39 is 17.7 Å². The van der Waals surface area contributed by atoms with Crippen LogP contribution in [0.4, 0.5) is 13.2 Å². The van der Waals surface area contributed by atoms with Crippen LogP contribution in [-0.4, -0.2) is 39.9 Å². The number of hydrogen-bond acceptors (Lipinski definition) is 3. The Morgan fingerprint density at radius 2 is 1.93 bits per heavy atom. The summed E-state index contributed by atoms with van der Waals surface area (Å²) in [6, 6.07) is 6.23. The van der Waals surface area contributed by atoms with Crippen molar-refractivity contribution in [1.82, 2.24) is 15.1 Å². The van der Waals surface area contributed by atoms with Crippen LogP contribution in [0.5, 0.6) is 0 Å². The predicted molar refractivity (Wildman–Crippen MR) is 95.0 cm³/mol. The number of nitrogens with one attached hydrogen (secondary N) is 1. The summed E-state index contributed by atoms with van der Waals surface area (Å²) in [5.74, 6) is -0.664. The van der Waals surface area contributed by atoms with Crippen LogP contribution >= 0.6 is 0 Å².